The van der Waals surface area contributed by atoms with E-state index >= 15 is 0 Å². The van der Waals surface area contributed by atoms with Gasteiger partial charge in [0.25, 0.3) is 0 Å². The highest BCUT2D eigenvalue weighted by atomic mass is 15.2. The molecule has 0 saturated heterocycles. The Morgan fingerprint density at radius 1 is 1.56 bits per heavy atom. The number of aromatic amines is 1. The third-order valence-corrected chi connectivity index (χ3v) is 3.28. The molecule has 1 fully saturated rings. The average Bonchev–Trinajstić information content (AvgIpc) is 2.88. The molecule has 16 heavy (non-hydrogen) atoms. The van der Waals surface area contributed by atoms with Crippen molar-refractivity contribution in [3.63, 3.8) is 0 Å². The van der Waals surface area contributed by atoms with Crippen LogP contribution in [0.5, 0.6) is 0 Å². The summed E-state index contributed by atoms with van der Waals surface area (Å²) in [4.78, 5) is 7.73. The molecule has 1 heterocycles. The molecule has 84 valence electrons. The van der Waals surface area contributed by atoms with E-state index in [9.17, 15) is 0 Å². The van der Waals surface area contributed by atoms with Gasteiger partial charge >= 0.3 is 0 Å². The molecule has 0 spiro atoms. The Kier molecular flexibility index (Phi) is 2.02. The van der Waals surface area contributed by atoms with Crippen molar-refractivity contribution in [1.82, 2.24) is 9.97 Å². The average molecular weight is 216 g/mol. The van der Waals surface area contributed by atoms with Crippen LogP contribution in [0, 0.1) is 5.92 Å². The van der Waals surface area contributed by atoms with E-state index in [4.69, 9.17) is 5.73 Å². The van der Waals surface area contributed by atoms with Crippen molar-refractivity contribution in [2.24, 2.45) is 5.92 Å². The van der Waals surface area contributed by atoms with Gasteiger partial charge < -0.3 is 16.0 Å². The van der Waals surface area contributed by atoms with Gasteiger partial charge in [-0.05, 0) is 30.5 Å². The Morgan fingerprint density at radius 3 is 3.19 bits per heavy atom. The number of imidazole rings is 1. The van der Waals surface area contributed by atoms with Crippen LogP contribution in [0.1, 0.15) is 19.8 Å². The van der Waals surface area contributed by atoms with Gasteiger partial charge in [-0.15, -0.1) is 0 Å². The van der Waals surface area contributed by atoms with Crippen molar-refractivity contribution in [3.05, 3.63) is 18.2 Å². The van der Waals surface area contributed by atoms with Crippen LogP contribution in [0.3, 0.4) is 0 Å². The van der Waals surface area contributed by atoms with Crippen LogP contribution < -0.4 is 11.1 Å². The largest absolute Gasteiger partial charge is 0.399 e. The highest BCUT2D eigenvalue weighted by molar-refractivity contribution is 5.80. The summed E-state index contributed by atoms with van der Waals surface area (Å²) in [5, 5.41) is 3.42. The third kappa shape index (κ3) is 1.60. The van der Waals surface area contributed by atoms with Crippen LogP contribution in [0.15, 0.2) is 18.2 Å². The number of hydrogen-bond donors (Lipinski definition) is 3. The number of nitrogen functional groups attached to an aromatic ring is 1. The standard InChI is InChI=1S/C12H16N4/c1-2-7-5-10(7)15-12-14-9-4-3-8(13)6-11(9)16-12/h3-4,6-7,10H,2,5,13H2,1H3,(H2,14,15,16). The van der Waals surface area contributed by atoms with Gasteiger partial charge in [0, 0.05) is 11.7 Å². The molecule has 2 aromatic rings. The van der Waals surface area contributed by atoms with Crippen LogP contribution in [-0.2, 0) is 0 Å². The lowest BCUT2D eigenvalue weighted by Crippen LogP contribution is -2.05. The summed E-state index contributed by atoms with van der Waals surface area (Å²) >= 11 is 0. The highest BCUT2D eigenvalue weighted by Crippen LogP contribution is 2.35. The van der Waals surface area contributed by atoms with E-state index < -0.39 is 0 Å². The second-order valence-corrected chi connectivity index (χ2v) is 4.52. The Balaban J connectivity index is 1.83. The number of hydrogen-bond acceptors (Lipinski definition) is 3. The summed E-state index contributed by atoms with van der Waals surface area (Å²) in [7, 11) is 0. The van der Waals surface area contributed by atoms with Gasteiger partial charge in [-0.25, -0.2) is 4.98 Å². The number of nitrogens with two attached hydrogens (primary N) is 1. The molecule has 2 atom stereocenters. The van der Waals surface area contributed by atoms with Crippen LogP contribution >= 0.6 is 0 Å². The van der Waals surface area contributed by atoms with Crippen LogP contribution in [0.4, 0.5) is 11.6 Å². The van der Waals surface area contributed by atoms with Crippen LogP contribution in [-0.4, -0.2) is 16.0 Å². The summed E-state index contributed by atoms with van der Waals surface area (Å²) in [6.45, 7) is 2.23. The maximum atomic E-state index is 5.72. The van der Waals surface area contributed by atoms with Crippen LogP contribution in [0.25, 0.3) is 11.0 Å². The maximum absolute atomic E-state index is 5.72. The van der Waals surface area contributed by atoms with E-state index in [-0.39, 0.29) is 0 Å². The SMILES string of the molecule is CCC1CC1Nc1nc2ccc(N)cc2[nH]1. The summed E-state index contributed by atoms with van der Waals surface area (Å²) < 4.78 is 0. The number of nitrogens with zero attached hydrogens (tertiary/aromatic N) is 1. The monoisotopic (exact) mass is 216 g/mol. The summed E-state index contributed by atoms with van der Waals surface area (Å²) in [6.07, 6.45) is 2.50. The zero-order chi connectivity index (χ0) is 11.1. The van der Waals surface area contributed by atoms with Crippen LogP contribution in [0.2, 0.25) is 0 Å². The Labute approximate surface area is 94.3 Å². The molecule has 2 unspecified atom stereocenters. The lowest BCUT2D eigenvalue weighted by atomic mass is 10.3. The van der Waals surface area contributed by atoms with Gasteiger partial charge in [0.2, 0.25) is 5.95 Å². The number of rotatable bonds is 3. The molecule has 1 aromatic carbocycles. The van der Waals surface area contributed by atoms with Crippen molar-refractivity contribution in [2.45, 2.75) is 25.8 Å². The predicted molar refractivity (Wildman–Crippen MR) is 66.3 cm³/mol. The zero-order valence-corrected chi connectivity index (χ0v) is 9.33. The Morgan fingerprint density at radius 2 is 2.44 bits per heavy atom. The Bertz CT molecular complexity index is 517. The number of fused-ring (bicyclic) bond motifs is 1. The smallest absolute Gasteiger partial charge is 0.201 e. The molecule has 0 bridgehead atoms. The molecule has 0 aliphatic heterocycles. The molecular weight excluding hydrogens is 200 g/mol. The molecule has 1 aliphatic carbocycles. The van der Waals surface area contributed by atoms with Gasteiger partial charge in [-0.3, -0.25) is 0 Å². The van der Waals surface area contributed by atoms with Gasteiger partial charge in [-0.2, -0.15) is 0 Å². The first kappa shape index (κ1) is 9.51. The number of benzene rings is 1. The number of H-pyrrole nitrogens is 1. The maximum Gasteiger partial charge on any atom is 0.201 e. The Hall–Kier alpha value is -1.71. The topological polar surface area (TPSA) is 66.7 Å². The number of anilines is 2. The summed E-state index contributed by atoms with van der Waals surface area (Å²) in [6, 6.07) is 6.33. The lowest BCUT2D eigenvalue weighted by Gasteiger charge is -1.99. The third-order valence-electron chi connectivity index (χ3n) is 3.28. The number of aromatic nitrogens is 2. The zero-order valence-electron chi connectivity index (χ0n) is 9.33. The van der Waals surface area contributed by atoms with Gasteiger partial charge in [0.05, 0.1) is 11.0 Å². The predicted octanol–water partition coefficient (Wildman–Crippen LogP) is 2.36. The molecule has 1 aliphatic rings. The minimum Gasteiger partial charge on any atom is -0.399 e. The van der Waals surface area contributed by atoms with Gasteiger partial charge in [0.15, 0.2) is 0 Å². The van der Waals surface area contributed by atoms with Crippen molar-refractivity contribution in [3.8, 4) is 0 Å². The fraction of sp³-hybridized carbons (Fsp3) is 0.417. The summed E-state index contributed by atoms with van der Waals surface area (Å²) in [5.74, 6) is 1.68. The van der Waals surface area contributed by atoms with E-state index in [2.05, 4.69) is 22.2 Å². The highest BCUT2D eigenvalue weighted by Gasteiger charge is 2.35. The van der Waals surface area contributed by atoms with Gasteiger partial charge in [-0.1, -0.05) is 13.3 Å². The fourth-order valence-electron chi connectivity index (χ4n) is 2.15. The van der Waals surface area contributed by atoms with Crippen molar-refractivity contribution < 1.29 is 0 Å². The normalized spacial score (nSPS) is 23.6. The second kappa shape index (κ2) is 3.40. The van der Waals surface area contributed by atoms with E-state index in [1.807, 2.05) is 18.2 Å². The van der Waals surface area contributed by atoms with E-state index in [1.54, 1.807) is 0 Å². The number of nitrogens with one attached hydrogen (secondary N) is 2. The second-order valence-electron chi connectivity index (χ2n) is 4.52. The molecule has 4 N–H and O–H groups in total. The molecule has 0 amide bonds. The van der Waals surface area contributed by atoms with Crippen molar-refractivity contribution in [1.29, 1.82) is 0 Å². The molecule has 4 heteroatoms. The fourth-order valence-corrected chi connectivity index (χ4v) is 2.15. The molecular formula is C12H16N4. The first-order valence-electron chi connectivity index (χ1n) is 5.78. The quantitative estimate of drug-likeness (QED) is 0.690. The molecule has 3 rings (SSSR count). The summed E-state index contributed by atoms with van der Waals surface area (Å²) in [5.41, 5.74) is 8.45. The van der Waals surface area contributed by atoms with Crippen molar-refractivity contribution >= 4 is 22.7 Å². The molecule has 4 nitrogen and oxygen atoms in total. The van der Waals surface area contributed by atoms with Gasteiger partial charge in [0.1, 0.15) is 0 Å². The molecule has 1 aromatic heterocycles. The van der Waals surface area contributed by atoms with E-state index in [0.717, 1.165) is 28.6 Å². The molecule has 0 radical (unpaired) electrons. The molecule has 1 saturated carbocycles. The van der Waals surface area contributed by atoms with Crippen molar-refractivity contribution in [2.75, 3.05) is 11.1 Å². The minimum atomic E-state index is 0.600. The van der Waals surface area contributed by atoms with E-state index in [1.165, 1.54) is 12.8 Å². The first-order chi connectivity index (χ1) is 7.76. The van der Waals surface area contributed by atoms with E-state index in [0.29, 0.717) is 6.04 Å². The minimum absolute atomic E-state index is 0.600. The lowest BCUT2D eigenvalue weighted by molar-refractivity contribution is 0.772. The first-order valence-corrected chi connectivity index (χ1v) is 5.78.